The Bertz CT molecular complexity index is 733. The molecule has 5 nitrogen and oxygen atoms in total. The molecule has 1 N–H and O–H groups in total. The maximum atomic E-state index is 12.7. The molecule has 1 fully saturated rings. The van der Waals surface area contributed by atoms with Crippen molar-refractivity contribution in [2.45, 2.75) is 71.1 Å². The third-order valence-corrected chi connectivity index (χ3v) is 4.80. The predicted molar refractivity (Wildman–Crippen MR) is 103 cm³/mol. The molecule has 0 spiro atoms. The lowest BCUT2D eigenvalue weighted by Crippen LogP contribution is -2.53. The second-order valence-corrected chi connectivity index (χ2v) is 8.20. The van der Waals surface area contributed by atoms with Crippen molar-refractivity contribution >= 4 is 23.3 Å². The van der Waals surface area contributed by atoms with Crippen molar-refractivity contribution in [1.82, 2.24) is 4.90 Å². The number of piperidine rings is 1. The Hall–Kier alpha value is -2.30. The molecule has 1 aromatic rings. The summed E-state index contributed by atoms with van der Waals surface area (Å²) in [6, 6.07) is 8.17. The monoisotopic (exact) mass is 356 g/mol. The lowest BCUT2D eigenvalue weighted by atomic mass is 9.83. The highest BCUT2D eigenvalue weighted by Gasteiger charge is 2.39. The molecule has 2 bridgehead atoms. The Labute approximate surface area is 155 Å². The van der Waals surface area contributed by atoms with Crippen LogP contribution in [-0.2, 0) is 9.53 Å². The zero-order chi connectivity index (χ0) is 18.9. The smallest absolute Gasteiger partial charge is 0.411 e. The fourth-order valence-corrected chi connectivity index (χ4v) is 3.84. The van der Waals surface area contributed by atoms with E-state index in [1.54, 1.807) is 0 Å². The first kappa shape index (κ1) is 18.5. The highest BCUT2D eigenvalue weighted by molar-refractivity contribution is 5.89. The molecule has 1 aromatic carbocycles. The van der Waals surface area contributed by atoms with Gasteiger partial charge in [-0.2, -0.15) is 0 Å². The fraction of sp³-hybridized carbons (Fsp3) is 0.524. The number of hydrogen-bond acceptors (Lipinski definition) is 3. The highest BCUT2D eigenvalue weighted by Crippen LogP contribution is 2.38. The van der Waals surface area contributed by atoms with E-state index in [1.165, 1.54) is 12.5 Å². The molecular weight excluding hydrogens is 328 g/mol. The van der Waals surface area contributed by atoms with Gasteiger partial charge in [-0.05, 0) is 69.7 Å². The molecule has 0 aliphatic carbocycles. The van der Waals surface area contributed by atoms with E-state index in [0.29, 0.717) is 0 Å². The molecule has 0 radical (unpaired) electrons. The van der Waals surface area contributed by atoms with Crippen molar-refractivity contribution in [2.24, 2.45) is 0 Å². The quantitative estimate of drug-likeness (QED) is 0.843. The summed E-state index contributed by atoms with van der Waals surface area (Å²) in [5, 5.41) is 2.84. The number of benzene rings is 1. The molecule has 2 amide bonds. The van der Waals surface area contributed by atoms with Crippen LogP contribution in [0.2, 0.25) is 0 Å². The van der Waals surface area contributed by atoms with Crippen molar-refractivity contribution in [2.75, 3.05) is 5.32 Å². The number of fused-ring (bicyclic) bond motifs is 2. The van der Waals surface area contributed by atoms with Crippen molar-refractivity contribution in [1.29, 1.82) is 0 Å². The van der Waals surface area contributed by atoms with Crippen LogP contribution in [0.15, 0.2) is 30.3 Å². The summed E-state index contributed by atoms with van der Waals surface area (Å²) in [7, 11) is 0. The summed E-state index contributed by atoms with van der Waals surface area (Å²) in [5.74, 6) is -0.0762. The Kier molecular flexibility index (Phi) is 5.08. The lowest BCUT2D eigenvalue weighted by Gasteiger charge is -2.45. The first-order valence-corrected chi connectivity index (χ1v) is 9.33. The third kappa shape index (κ3) is 4.26. The number of anilines is 1. The van der Waals surface area contributed by atoms with Crippen LogP contribution in [0, 0.1) is 0 Å². The van der Waals surface area contributed by atoms with E-state index in [0.717, 1.165) is 36.9 Å². The summed E-state index contributed by atoms with van der Waals surface area (Å²) in [6.07, 6.45) is 5.90. The number of amides is 2. The van der Waals surface area contributed by atoms with Crippen LogP contribution in [0.3, 0.4) is 0 Å². The van der Waals surface area contributed by atoms with E-state index >= 15 is 0 Å². The van der Waals surface area contributed by atoms with Gasteiger partial charge in [0.2, 0.25) is 5.91 Å². The van der Waals surface area contributed by atoms with Gasteiger partial charge >= 0.3 is 6.09 Å². The lowest BCUT2D eigenvalue weighted by molar-refractivity contribution is -0.114. The Balaban J connectivity index is 1.84. The Morgan fingerprint density at radius 2 is 2.00 bits per heavy atom. The van der Waals surface area contributed by atoms with Gasteiger partial charge in [0.25, 0.3) is 0 Å². The number of nitrogens with zero attached hydrogens (tertiary/aromatic N) is 1. The van der Waals surface area contributed by atoms with Gasteiger partial charge in [-0.25, -0.2) is 4.79 Å². The number of carbonyl (C=O) groups excluding carboxylic acids is 2. The molecular formula is C21H28N2O3. The van der Waals surface area contributed by atoms with Crippen molar-refractivity contribution in [3.05, 3.63) is 35.9 Å². The minimum atomic E-state index is -0.484. The van der Waals surface area contributed by atoms with Gasteiger partial charge in [-0.15, -0.1) is 0 Å². The predicted octanol–water partition coefficient (Wildman–Crippen LogP) is 4.59. The summed E-state index contributed by atoms with van der Waals surface area (Å²) in [4.78, 5) is 25.9. The third-order valence-electron chi connectivity index (χ3n) is 4.80. The minimum absolute atomic E-state index is 0.0762. The summed E-state index contributed by atoms with van der Waals surface area (Å²) in [5.41, 5.74) is 2.67. The van der Waals surface area contributed by atoms with E-state index in [4.69, 9.17) is 4.74 Å². The van der Waals surface area contributed by atoms with E-state index < -0.39 is 5.60 Å². The van der Waals surface area contributed by atoms with Crippen LogP contribution in [-0.4, -0.2) is 34.6 Å². The van der Waals surface area contributed by atoms with E-state index in [9.17, 15) is 9.59 Å². The van der Waals surface area contributed by atoms with Crippen molar-refractivity contribution < 1.29 is 14.3 Å². The SMILES string of the molecule is CC(=O)Nc1cccc(C2=CC3CCCC(C2)N3C(=O)OC(C)(C)C)c1. The van der Waals surface area contributed by atoms with Gasteiger partial charge in [-0.1, -0.05) is 18.2 Å². The summed E-state index contributed by atoms with van der Waals surface area (Å²) < 4.78 is 5.63. The Morgan fingerprint density at radius 1 is 1.23 bits per heavy atom. The standard InChI is InChI=1S/C21H28N2O3/c1-14(24)22-17-8-5-7-15(11-17)16-12-18-9-6-10-19(13-16)23(18)20(25)26-21(2,3)4/h5,7-8,11-12,18-19H,6,9-10,13H2,1-4H3,(H,22,24). The number of rotatable bonds is 2. The molecule has 2 aliphatic rings. The van der Waals surface area contributed by atoms with Crippen molar-refractivity contribution in [3.63, 3.8) is 0 Å². The summed E-state index contributed by atoms with van der Waals surface area (Å²) >= 11 is 0. The second-order valence-electron chi connectivity index (χ2n) is 8.20. The minimum Gasteiger partial charge on any atom is -0.444 e. The number of nitrogens with one attached hydrogen (secondary N) is 1. The number of carbonyl (C=O) groups is 2. The van der Waals surface area contributed by atoms with Gasteiger partial charge in [0.05, 0.1) is 6.04 Å². The molecule has 1 saturated heterocycles. The van der Waals surface area contributed by atoms with Gasteiger partial charge in [0, 0.05) is 18.7 Å². The average Bonchev–Trinajstić information content (AvgIpc) is 2.51. The molecule has 3 rings (SSSR count). The van der Waals surface area contributed by atoms with Crippen LogP contribution < -0.4 is 5.32 Å². The second kappa shape index (κ2) is 7.14. The zero-order valence-electron chi connectivity index (χ0n) is 16.0. The summed E-state index contributed by atoms with van der Waals surface area (Å²) in [6.45, 7) is 7.22. The molecule has 5 heteroatoms. The maximum Gasteiger partial charge on any atom is 0.411 e. The topological polar surface area (TPSA) is 58.6 Å². The molecule has 0 aromatic heterocycles. The van der Waals surface area contributed by atoms with Gasteiger partial charge in [-0.3, -0.25) is 9.69 Å². The molecule has 2 unspecified atom stereocenters. The molecule has 2 aliphatic heterocycles. The highest BCUT2D eigenvalue weighted by atomic mass is 16.6. The maximum absolute atomic E-state index is 12.7. The van der Waals surface area contributed by atoms with Gasteiger partial charge < -0.3 is 10.1 Å². The Morgan fingerprint density at radius 3 is 2.65 bits per heavy atom. The molecule has 2 atom stereocenters. The number of hydrogen-bond donors (Lipinski definition) is 1. The molecule has 140 valence electrons. The number of ether oxygens (including phenoxy) is 1. The van der Waals surface area contributed by atoms with Crippen LogP contribution in [0.1, 0.15) is 58.9 Å². The van der Waals surface area contributed by atoms with Gasteiger partial charge in [0.1, 0.15) is 5.60 Å². The van der Waals surface area contributed by atoms with E-state index in [-0.39, 0.29) is 24.1 Å². The molecule has 2 heterocycles. The van der Waals surface area contributed by atoms with Crippen LogP contribution in [0.5, 0.6) is 0 Å². The first-order chi connectivity index (χ1) is 12.2. The van der Waals surface area contributed by atoms with E-state index in [2.05, 4.69) is 17.5 Å². The average molecular weight is 356 g/mol. The van der Waals surface area contributed by atoms with Crippen LogP contribution in [0.4, 0.5) is 10.5 Å². The van der Waals surface area contributed by atoms with Crippen LogP contribution in [0.25, 0.3) is 5.57 Å². The van der Waals surface area contributed by atoms with Gasteiger partial charge in [0.15, 0.2) is 0 Å². The van der Waals surface area contributed by atoms with Crippen molar-refractivity contribution in [3.8, 4) is 0 Å². The molecule has 26 heavy (non-hydrogen) atoms. The normalized spacial score (nSPS) is 22.5. The largest absolute Gasteiger partial charge is 0.444 e. The van der Waals surface area contributed by atoms with Crippen LogP contribution >= 0.6 is 0 Å². The molecule has 0 saturated carbocycles. The fourth-order valence-electron chi connectivity index (χ4n) is 3.84. The first-order valence-electron chi connectivity index (χ1n) is 9.33. The van der Waals surface area contributed by atoms with E-state index in [1.807, 2.05) is 43.9 Å². The zero-order valence-corrected chi connectivity index (χ0v) is 16.0.